The highest BCUT2D eigenvalue weighted by atomic mass is 16.2. The van der Waals surface area contributed by atoms with Gasteiger partial charge < -0.3 is 15.6 Å². The first kappa shape index (κ1) is 18.7. The summed E-state index contributed by atoms with van der Waals surface area (Å²) in [5.41, 5.74) is 3.97. The number of nitrogens with one attached hydrogen (secondary N) is 3. The number of nitrogens with zero attached hydrogens (tertiary/aromatic N) is 3. The van der Waals surface area contributed by atoms with Gasteiger partial charge in [0, 0.05) is 30.6 Å². The second kappa shape index (κ2) is 7.08. The monoisotopic (exact) mass is 394 g/mol. The molecule has 2 aromatic heterocycles. The van der Waals surface area contributed by atoms with Crippen molar-refractivity contribution in [2.45, 2.75) is 26.3 Å². The van der Waals surface area contributed by atoms with Gasteiger partial charge in [0.05, 0.1) is 17.1 Å². The molecule has 4 rings (SSSR count). The van der Waals surface area contributed by atoms with Crippen molar-refractivity contribution in [1.82, 2.24) is 25.0 Å². The molecule has 0 unspecified atom stereocenters. The van der Waals surface area contributed by atoms with Gasteiger partial charge in [0.2, 0.25) is 5.91 Å². The smallest absolute Gasteiger partial charge is 0.325 e. The molecule has 29 heavy (non-hydrogen) atoms. The van der Waals surface area contributed by atoms with Crippen LogP contribution in [0.25, 0.3) is 10.9 Å². The maximum Gasteiger partial charge on any atom is 0.325 e. The normalized spacial score (nSPS) is 16.5. The largest absolute Gasteiger partial charge is 0.361 e. The predicted molar refractivity (Wildman–Crippen MR) is 107 cm³/mol. The summed E-state index contributed by atoms with van der Waals surface area (Å²) in [6.07, 6.45) is 2.20. The van der Waals surface area contributed by atoms with Crippen LogP contribution in [-0.4, -0.2) is 50.1 Å². The lowest BCUT2D eigenvalue weighted by Crippen LogP contribution is -2.38. The van der Waals surface area contributed by atoms with Crippen LogP contribution in [0.5, 0.6) is 0 Å². The molecule has 1 fully saturated rings. The highest BCUT2D eigenvalue weighted by Crippen LogP contribution is 2.22. The number of imide groups is 1. The number of hydrogen-bond donors (Lipinski definition) is 3. The zero-order valence-electron chi connectivity index (χ0n) is 16.4. The molecule has 150 valence electrons. The molecule has 0 bridgehead atoms. The number of carbonyl (C=O) groups excluding carboxylic acids is 3. The van der Waals surface area contributed by atoms with E-state index in [1.54, 1.807) is 18.7 Å². The Labute approximate surface area is 167 Å². The van der Waals surface area contributed by atoms with Gasteiger partial charge in [-0.05, 0) is 25.5 Å². The predicted octanol–water partition coefficient (Wildman–Crippen LogP) is 1.62. The standard InChI is InChI=1S/C20H22N6O3/c1-11-18(12(2)25(3)24-11)23-17(27)10-26-19(28)16(22-20(26)29)8-13-9-21-15-7-5-4-6-14(13)15/h4-7,9,16,21H,8,10H2,1-3H3,(H,22,29)(H,23,27)/t16-/m0/s1. The third-order valence-corrected chi connectivity index (χ3v) is 5.28. The van der Waals surface area contributed by atoms with Crippen LogP contribution >= 0.6 is 0 Å². The van der Waals surface area contributed by atoms with Crippen LogP contribution in [-0.2, 0) is 23.1 Å². The Morgan fingerprint density at radius 1 is 1.24 bits per heavy atom. The molecule has 0 radical (unpaired) electrons. The highest BCUT2D eigenvalue weighted by Gasteiger charge is 2.39. The second-order valence-corrected chi connectivity index (χ2v) is 7.21. The number of H-pyrrole nitrogens is 1. The van der Waals surface area contributed by atoms with Crippen molar-refractivity contribution in [3.63, 3.8) is 0 Å². The molecule has 4 amide bonds. The van der Waals surface area contributed by atoms with Gasteiger partial charge in [0.25, 0.3) is 5.91 Å². The first-order valence-electron chi connectivity index (χ1n) is 9.32. The van der Waals surface area contributed by atoms with Crippen LogP contribution in [0, 0.1) is 13.8 Å². The topological polar surface area (TPSA) is 112 Å². The molecule has 9 heteroatoms. The minimum Gasteiger partial charge on any atom is -0.361 e. The van der Waals surface area contributed by atoms with E-state index in [0.29, 0.717) is 17.8 Å². The molecular formula is C20H22N6O3. The fourth-order valence-corrected chi connectivity index (χ4v) is 3.66. The van der Waals surface area contributed by atoms with E-state index in [-0.39, 0.29) is 6.54 Å². The van der Waals surface area contributed by atoms with Crippen LogP contribution < -0.4 is 10.6 Å². The van der Waals surface area contributed by atoms with Gasteiger partial charge in [-0.25, -0.2) is 4.79 Å². The number of benzene rings is 1. The molecule has 1 aromatic carbocycles. The first-order chi connectivity index (χ1) is 13.8. The molecule has 1 aliphatic rings. The molecule has 0 aliphatic carbocycles. The summed E-state index contributed by atoms with van der Waals surface area (Å²) in [5, 5.41) is 10.7. The lowest BCUT2D eigenvalue weighted by Gasteiger charge is -2.13. The van der Waals surface area contributed by atoms with Crippen molar-refractivity contribution in [1.29, 1.82) is 0 Å². The number of fused-ring (bicyclic) bond motifs is 1. The van der Waals surface area contributed by atoms with Crippen LogP contribution in [0.15, 0.2) is 30.5 Å². The molecule has 1 atom stereocenters. The molecule has 0 saturated carbocycles. The Bertz CT molecular complexity index is 1130. The van der Waals surface area contributed by atoms with E-state index < -0.39 is 23.9 Å². The Morgan fingerprint density at radius 3 is 2.72 bits per heavy atom. The molecule has 1 aliphatic heterocycles. The van der Waals surface area contributed by atoms with Crippen molar-refractivity contribution < 1.29 is 14.4 Å². The molecule has 0 spiro atoms. The van der Waals surface area contributed by atoms with E-state index >= 15 is 0 Å². The molecule has 3 heterocycles. The number of aromatic nitrogens is 3. The summed E-state index contributed by atoms with van der Waals surface area (Å²) in [6, 6.07) is 6.51. The maximum absolute atomic E-state index is 12.7. The third kappa shape index (κ3) is 3.35. The Hall–Kier alpha value is -3.62. The Kier molecular flexibility index (Phi) is 4.57. The first-order valence-corrected chi connectivity index (χ1v) is 9.32. The minimum atomic E-state index is -0.698. The van der Waals surface area contributed by atoms with Gasteiger partial charge in [0.15, 0.2) is 0 Å². The average Bonchev–Trinajstić information content (AvgIpc) is 3.29. The molecule has 3 N–H and O–H groups in total. The number of carbonyl (C=O) groups is 3. The van der Waals surface area contributed by atoms with Gasteiger partial charge >= 0.3 is 6.03 Å². The molecule has 1 saturated heterocycles. The number of hydrogen-bond acceptors (Lipinski definition) is 4. The van der Waals surface area contributed by atoms with Gasteiger partial charge in [-0.2, -0.15) is 5.10 Å². The van der Waals surface area contributed by atoms with Crippen molar-refractivity contribution in [2.24, 2.45) is 7.05 Å². The van der Waals surface area contributed by atoms with Gasteiger partial charge in [-0.1, -0.05) is 18.2 Å². The number of anilines is 1. The quantitative estimate of drug-likeness (QED) is 0.571. The summed E-state index contributed by atoms with van der Waals surface area (Å²) in [7, 11) is 1.78. The number of aromatic amines is 1. The number of urea groups is 1. The summed E-state index contributed by atoms with van der Waals surface area (Å²) in [5.74, 6) is -0.851. The fourth-order valence-electron chi connectivity index (χ4n) is 3.66. The SMILES string of the molecule is Cc1nn(C)c(C)c1NC(=O)CN1C(=O)N[C@@H](Cc2c[nH]c3ccccc23)C1=O. The minimum absolute atomic E-state index is 0.344. The third-order valence-electron chi connectivity index (χ3n) is 5.28. The van der Waals surface area contributed by atoms with Crippen molar-refractivity contribution >= 4 is 34.4 Å². The maximum atomic E-state index is 12.7. The van der Waals surface area contributed by atoms with E-state index in [1.807, 2.05) is 37.4 Å². The van der Waals surface area contributed by atoms with E-state index in [4.69, 9.17) is 0 Å². The van der Waals surface area contributed by atoms with E-state index in [2.05, 4.69) is 20.7 Å². The van der Waals surface area contributed by atoms with Crippen LogP contribution in [0.4, 0.5) is 10.5 Å². The fraction of sp³-hybridized carbons (Fsp3) is 0.300. The average molecular weight is 394 g/mol. The highest BCUT2D eigenvalue weighted by molar-refractivity contribution is 6.08. The summed E-state index contributed by atoms with van der Waals surface area (Å²) < 4.78 is 1.66. The van der Waals surface area contributed by atoms with Crippen molar-refractivity contribution in [2.75, 3.05) is 11.9 Å². The zero-order chi connectivity index (χ0) is 20.7. The number of amides is 4. The van der Waals surface area contributed by atoms with Crippen LogP contribution in [0.3, 0.4) is 0 Å². The lowest BCUT2D eigenvalue weighted by molar-refractivity contribution is -0.130. The van der Waals surface area contributed by atoms with E-state index in [0.717, 1.165) is 27.1 Å². The van der Waals surface area contributed by atoms with Gasteiger partial charge in [0.1, 0.15) is 12.6 Å². The van der Waals surface area contributed by atoms with Gasteiger partial charge in [-0.15, -0.1) is 0 Å². The second-order valence-electron chi connectivity index (χ2n) is 7.21. The van der Waals surface area contributed by atoms with E-state index in [9.17, 15) is 14.4 Å². The summed E-state index contributed by atoms with van der Waals surface area (Å²) >= 11 is 0. The van der Waals surface area contributed by atoms with Crippen molar-refractivity contribution in [3.8, 4) is 0 Å². The number of aryl methyl sites for hydroxylation is 2. The summed E-state index contributed by atoms with van der Waals surface area (Å²) in [4.78, 5) is 41.6. The molecular weight excluding hydrogens is 372 g/mol. The van der Waals surface area contributed by atoms with Crippen molar-refractivity contribution in [3.05, 3.63) is 47.4 Å². The van der Waals surface area contributed by atoms with E-state index in [1.165, 1.54) is 0 Å². The van der Waals surface area contributed by atoms with Crippen LogP contribution in [0.1, 0.15) is 17.0 Å². The molecule has 9 nitrogen and oxygen atoms in total. The van der Waals surface area contributed by atoms with Gasteiger partial charge in [-0.3, -0.25) is 19.2 Å². The number of rotatable bonds is 5. The van der Waals surface area contributed by atoms with Crippen LogP contribution in [0.2, 0.25) is 0 Å². The Morgan fingerprint density at radius 2 is 2.00 bits per heavy atom. The zero-order valence-corrected chi connectivity index (χ0v) is 16.4. The Balaban J connectivity index is 1.44. The lowest BCUT2D eigenvalue weighted by atomic mass is 10.1. The number of para-hydroxylation sites is 1. The molecule has 3 aromatic rings. The summed E-state index contributed by atoms with van der Waals surface area (Å²) in [6.45, 7) is 3.27.